The molecule has 0 radical (unpaired) electrons. The van der Waals surface area contributed by atoms with Crippen LogP contribution in [-0.2, 0) is 4.74 Å². The number of benzene rings is 1. The lowest BCUT2D eigenvalue weighted by molar-refractivity contribution is 0.126. The Morgan fingerprint density at radius 2 is 1.78 bits per heavy atom. The van der Waals surface area contributed by atoms with Crippen molar-refractivity contribution in [2.24, 2.45) is 5.92 Å². The lowest BCUT2D eigenvalue weighted by atomic mass is 9.88. The van der Waals surface area contributed by atoms with E-state index in [1.807, 2.05) is 6.92 Å². The highest BCUT2D eigenvalue weighted by Gasteiger charge is 2.16. The van der Waals surface area contributed by atoms with E-state index in [0.717, 1.165) is 19.8 Å². The van der Waals surface area contributed by atoms with Crippen LogP contribution in [0.4, 0.5) is 0 Å². The Bertz CT molecular complexity index is 310. The fourth-order valence-electron chi connectivity index (χ4n) is 2.12. The van der Waals surface area contributed by atoms with Crippen molar-refractivity contribution in [3.63, 3.8) is 0 Å². The van der Waals surface area contributed by atoms with Crippen LogP contribution in [-0.4, -0.2) is 25.8 Å². The summed E-state index contributed by atoms with van der Waals surface area (Å²) in [7, 11) is 0. The molecule has 0 aromatic heterocycles. The van der Waals surface area contributed by atoms with Crippen LogP contribution in [0.1, 0.15) is 39.2 Å². The Hall–Kier alpha value is -0.860. The summed E-state index contributed by atoms with van der Waals surface area (Å²) < 4.78 is 5.43. The van der Waals surface area contributed by atoms with E-state index in [2.05, 4.69) is 56.4 Å². The highest BCUT2D eigenvalue weighted by molar-refractivity contribution is 5.20. The zero-order valence-electron chi connectivity index (χ0n) is 12.1. The van der Waals surface area contributed by atoms with Crippen molar-refractivity contribution in [2.45, 2.75) is 39.7 Å². The molecule has 1 aromatic carbocycles. The summed E-state index contributed by atoms with van der Waals surface area (Å²) in [6.07, 6.45) is 0. The molecule has 18 heavy (non-hydrogen) atoms. The van der Waals surface area contributed by atoms with E-state index in [-0.39, 0.29) is 0 Å². The molecule has 1 N–H and O–H groups in total. The summed E-state index contributed by atoms with van der Waals surface area (Å²) in [6, 6.07) is 11.2. The van der Waals surface area contributed by atoms with E-state index in [9.17, 15) is 0 Å². The van der Waals surface area contributed by atoms with E-state index in [1.165, 1.54) is 5.56 Å². The van der Waals surface area contributed by atoms with Gasteiger partial charge in [-0.25, -0.2) is 0 Å². The van der Waals surface area contributed by atoms with Gasteiger partial charge in [0.05, 0.1) is 6.61 Å². The Morgan fingerprint density at radius 1 is 1.11 bits per heavy atom. The molecular weight excluding hydrogens is 222 g/mol. The molecule has 0 bridgehead atoms. The fraction of sp³-hybridized carbons (Fsp3) is 0.625. The summed E-state index contributed by atoms with van der Waals surface area (Å²) in [5.41, 5.74) is 1.42. The van der Waals surface area contributed by atoms with Gasteiger partial charge in [0, 0.05) is 19.2 Å². The van der Waals surface area contributed by atoms with E-state index >= 15 is 0 Å². The van der Waals surface area contributed by atoms with Gasteiger partial charge in [0.2, 0.25) is 0 Å². The van der Waals surface area contributed by atoms with Crippen molar-refractivity contribution in [1.29, 1.82) is 0 Å². The molecule has 102 valence electrons. The summed E-state index contributed by atoms with van der Waals surface area (Å²) in [4.78, 5) is 0. The summed E-state index contributed by atoms with van der Waals surface area (Å²) in [6.45, 7) is 11.4. The third-order valence-electron chi connectivity index (χ3n) is 3.29. The largest absolute Gasteiger partial charge is 0.380 e. The van der Waals surface area contributed by atoms with Crippen molar-refractivity contribution in [2.75, 3.05) is 19.8 Å². The molecule has 0 fully saturated rings. The monoisotopic (exact) mass is 249 g/mol. The second-order valence-electron chi connectivity index (χ2n) is 5.23. The zero-order chi connectivity index (χ0) is 13.4. The lowest BCUT2D eigenvalue weighted by Crippen LogP contribution is -2.35. The maximum absolute atomic E-state index is 5.43. The summed E-state index contributed by atoms with van der Waals surface area (Å²) >= 11 is 0. The number of hydrogen-bond donors (Lipinski definition) is 1. The Kier molecular flexibility index (Phi) is 6.99. The molecule has 0 aliphatic rings. The molecule has 0 saturated heterocycles. The van der Waals surface area contributed by atoms with Gasteiger partial charge in [-0.3, -0.25) is 0 Å². The molecule has 0 amide bonds. The molecule has 1 aromatic rings. The smallest absolute Gasteiger partial charge is 0.0616 e. The summed E-state index contributed by atoms with van der Waals surface area (Å²) in [5, 5.41) is 3.57. The highest BCUT2D eigenvalue weighted by atomic mass is 16.5. The number of rotatable bonds is 8. The number of hydrogen-bond acceptors (Lipinski definition) is 2. The average Bonchev–Trinajstić information content (AvgIpc) is 2.37. The lowest BCUT2D eigenvalue weighted by Gasteiger charge is -2.24. The Morgan fingerprint density at radius 3 is 2.33 bits per heavy atom. The van der Waals surface area contributed by atoms with Gasteiger partial charge < -0.3 is 10.1 Å². The standard InChI is InChI=1S/C16H27NO/c1-5-18-12-14(4)17-11-16(13(2)3)15-9-7-6-8-10-15/h6-10,13-14,16-17H,5,11-12H2,1-4H3. The second kappa shape index (κ2) is 8.28. The predicted molar refractivity (Wildman–Crippen MR) is 78.0 cm³/mol. The van der Waals surface area contributed by atoms with Crippen LogP contribution in [0.3, 0.4) is 0 Å². The van der Waals surface area contributed by atoms with E-state index in [1.54, 1.807) is 0 Å². The van der Waals surface area contributed by atoms with E-state index < -0.39 is 0 Å². The van der Waals surface area contributed by atoms with Crippen LogP contribution in [0.2, 0.25) is 0 Å². The number of nitrogens with one attached hydrogen (secondary N) is 1. The first-order chi connectivity index (χ1) is 8.65. The van der Waals surface area contributed by atoms with Crippen LogP contribution < -0.4 is 5.32 Å². The van der Waals surface area contributed by atoms with Crippen molar-refractivity contribution in [3.8, 4) is 0 Å². The first kappa shape index (κ1) is 15.2. The average molecular weight is 249 g/mol. The Balaban J connectivity index is 2.49. The van der Waals surface area contributed by atoms with Gasteiger partial charge in [-0.2, -0.15) is 0 Å². The number of ether oxygens (including phenoxy) is 1. The van der Waals surface area contributed by atoms with E-state index in [4.69, 9.17) is 4.74 Å². The third-order valence-corrected chi connectivity index (χ3v) is 3.29. The van der Waals surface area contributed by atoms with Gasteiger partial charge in [0.1, 0.15) is 0 Å². The first-order valence-electron chi connectivity index (χ1n) is 7.01. The van der Waals surface area contributed by atoms with Crippen LogP contribution in [0, 0.1) is 5.92 Å². The van der Waals surface area contributed by atoms with Crippen LogP contribution >= 0.6 is 0 Å². The molecule has 0 heterocycles. The van der Waals surface area contributed by atoms with Crippen molar-refractivity contribution in [1.82, 2.24) is 5.32 Å². The molecule has 0 aliphatic heterocycles. The normalized spacial score (nSPS) is 14.7. The first-order valence-corrected chi connectivity index (χ1v) is 7.01. The van der Waals surface area contributed by atoms with Gasteiger partial charge in [0.15, 0.2) is 0 Å². The van der Waals surface area contributed by atoms with Crippen LogP contribution in [0.25, 0.3) is 0 Å². The minimum atomic E-state index is 0.412. The topological polar surface area (TPSA) is 21.3 Å². The molecule has 1 rings (SSSR count). The van der Waals surface area contributed by atoms with Gasteiger partial charge in [0.25, 0.3) is 0 Å². The molecule has 0 saturated carbocycles. The third kappa shape index (κ3) is 5.19. The molecule has 2 atom stereocenters. The van der Waals surface area contributed by atoms with Crippen LogP contribution in [0.5, 0.6) is 0 Å². The van der Waals surface area contributed by atoms with Gasteiger partial charge in [-0.1, -0.05) is 44.2 Å². The zero-order valence-corrected chi connectivity index (χ0v) is 12.1. The molecule has 0 aliphatic carbocycles. The van der Waals surface area contributed by atoms with Crippen molar-refractivity contribution < 1.29 is 4.74 Å². The minimum absolute atomic E-state index is 0.412. The van der Waals surface area contributed by atoms with E-state index in [0.29, 0.717) is 17.9 Å². The minimum Gasteiger partial charge on any atom is -0.380 e. The molecule has 2 nitrogen and oxygen atoms in total. The van der Waals surface area contributed by atoms with Gasteiger partial charge in [-0.05, 0) is 31.2 Å². The highest BCUT2D eigenvalue weighted by Crippen LogP contribution is 2.23. The molecular formula is C16H27NO. The molecule has 2 unspecified atom stereocenters. The predicted octanol–water partition coefficient (Wildman–Crippen LogP) is 3.44. The Labute approximate surface area is 112 Å². The van der Waals surface area contributed by atoms with Crippen molar-refractivity contribution in [3.05, 3.63) is 35.9 Å². The molecule has 0 spiro atoms. The maximum Gasteiger partial charge on any atom is 0.0616 e. The SMILES string of the molecule is CCOCC(C)NCC(c1ccccc1)C(C)C. The maximum atomic E-state index is 5.43. The quantitative estimate of drug-likeness (QED) is 0.762. The van der Waals surface area contributed by atoms with Gasteiger partial charge >= 0.3 is 0 Å². The van der Waals surface area contributed by atoms with Gasteiger partial charge in [-0.15, -0.1) is 0 Å². The van der Waals surface area contributed by atoms with Crippen LogP contribution in [0.15, 0.2) is 30.3 Å². The van der Waals surface area contributed by atoms with Crippen molar-refractivity contribution >= 4 is 0 Å². The molecule has 2 heteroatoms. The fourth-order valence-corrected chi connectivity index (χ4v) is 2.12. The summed E-state index contributed by atoms with van der Waals surface area (Å²) in [5.74, 6) is 1.20. The second-order valence-corrected chi connectivity index (χ2v) is 5.23.